The highest BCUT2D eigenvalue weighted by Crippen LogP contribution is 2.27. The molecule has 1 aliphatic heterocycles. The molecule has 132 valence electrons. The van der Waals surface area contributed by atoms with Crippen molar-refractivity contribution in [2.45, 2.75) is 17.7 Å². The molecule has 0 spiro atoms. The fourth-order valence-corrected chi connectivity index (χ4v) is 5.17. The van der Waals surface area contributed by atoms with E-state index in [-0.39, 0.29) is 12.4 Å². The molecule has 0 saturated carbocycles. The third-order valence-corrected chi connectivity index (χ3v) is 6.74. The molecule has 24 heavy (non-hydrogen) atoms. The minimum atomic E-state index is -3.42. The van der Waals surface area contributed by atoms with Crippen LogP contribution >= 0.6 is 28.3 Å². The van der Waals surface area contributed by atoms with Crippen molar-refractivity contribution in [3.63, 3.8) is 0 Å². The average molecular weight is 434 g/mol. The Labute approximate surface area is 158 Å². The number of hydrogen-bond donors (Lipinski definition) is 1. The van der Waals surface area contributed by atoms with Crippen LogP contribution in [0.5, 0.6) is 0 Å². The Hall–Kier alpha value is -0.660. The van der Waals surface area contributed by atoms with Gasteiger partial charge in [0, 0.05) is 17.6 Å². The van der Waals surface area contributed by atoms with E-state index in [0.29, 0.717) is 23.9 Å². The Kier molecular flexibility index (Phi) is 6.67. The molecule has 1 saturated heterocycles. The summed E-state index contributed by atoms with van der Waals surface area (Å²) in [5, 5.41) is 5.13. The Morgan fingerprint density at radius 1 is 1.21 bits per heavy atom. The van der Waals surface area contributed by atoms with Crippen molar-refractivity contribution in [1.82, 2.24) is 9.62 Å². The van der Waals surface area contributed by atoms with E-state index in [9.17, 15) is 8.42 Å². The van der Waals surface area contributed by atoms with Gasteiger partial charge in [-0.2, -0.15) is 4.31 Å². The molecule has 7 heteroatoms. The van der Waals surface area contributed by atoms with Crippen LogP contribution in [-0.4, -0.2) is 39.4 Å². The molecule has 3 rings (SSSR count). The van der Waals surface area contributed by atoms with E-state index in [4.69, 9.17) is 0 Å². The molecule has 2 aromatic rings. The van der Waals surface area contributed by atoms with Gasteiger partial charge in [-0.15, -0.1) is 12.4 Å². The maximum Gasteiger partial charge on any atom is 0.243 e. The van der Waals surface area contributed by atoms with Gasteiger partial charge >= 0.3 is 0 Å². The number of nitrogens with one attached hydrogen (secondary N) is 1. The van der Waals surface area contributed by atoms with Crippen molar-refractivity contribution < 1.29 is 8.42 Å². The molecule has 0 aliphatic carbocycles. The van der Waals surface area contributed by atoms with Crippen molar-refractivity contribution in [3.05, 3.63) is 40.9 Å². The summed E-state index contributed by atoms with van der Waals surface area (Å²) in [4.78, 5) is 0.387. The Balaban J connectivity index is 0.00000208. The standard InChI is InChI=1S/C17H21BrN2O2S.ClH/c1-19-11-13-3-2-8-20(12-13)23(21,22)17-7-5-14-9-16(18)6-4-15(14)10-17;/h4-7,9-10,13,19H,2-3,8,11-12H2,1H3;1H. The maximum absolute atomic E-state index is 12.9. The van der Waals surface area contributed by atoms with E-state index in [2.05, 4.69) is 21.2 Å². The van der Waals surface area contributed by atoms with Crippen molar-refractivity contribution >= 4 is 49.1 Å². The van der Waals surface area contributed by atoms with Gasteiger partial charge in [-0.25, -0.2) is 8.42 Å². The number of fused-ring (bicyclic) bond motifs is 1. The van der Waals surface area contributed by atoms with Crippen LogP contribution in [0, 0.1) is 5.92 Å². The zero-order chi connectivity index (χ0) is 16.4. The van der Waals surface area contributed by atoms with Gasteiger partial charge in [0.2, 0.25) is 10.0 Å². The zero-order valence-electron chi connectivity index (χ0n) is 13.5. The molecule has 1 heterocycles. The molecular weight excluding hydrogens is 412 g/mol. The summed E-state index contributed by atoms with van der Waals surface area (Å²) >= 11 is 3.44. The van der Waals surface area contributed by atoms with Crippen LogP contribution in [0.1, 0.15) is 12.8 Å². The van der Waals surface area contributed by atoms with Gasteiger partial charge in [-0.1, -0.05) is 28.1 Å². The summed E-state index contributed by atoms with van der Waals surface area (Å²) in [6, 6.07) is 11.2. The lowest BCUT2D eigenvalue weighted by molar-refractivity contribution is 0.263. The van der Waals surface area contributed by atoms with E-state index in [1.165, 1.54) is 0 Å². The second-order valence-corrected chi connectivity index (χ2v) is 8.94. The first-order chi connectivity index (χ1) is 11.0. The van der Waals surface area contributed by atoms with E-state index in [1.54, 1.807) is 16.4 Å². The lowest BCUT2D eigenvalue weighted by Crippen LogP contribution is -2.42. The van der Waals surface area contributed by atoms with Gasteiger partial charge in [0.1, 0.15) is 0 Å². The number of sulfonamides is 1. The minimum absolute atomic E-state index is 0. The quantitative estimate of drug-likeness (QED) is 0.801. The fourth-order valence-electron chi connectivity index (χ4n) is 3.20. The van der Waals surface area contributed by atoms with Gasteiger partial charge in [0.25, 0.3) is 0 Å². The van der Waals surface area contributed by atoms with E-state index in [1.807, 2.05) is 31.3 Å². The van der Waals surface area contributed by atoms with Gasteiger partial charge in [-0.3, -0.25) is 0 Å². The van der Waals surface area contributed by atoms with Crippen LogP contribution in [0.15, 0.2) is 45.8 Å². The number of rotatable bonds is 4. The third kappa shape index (κ3) is 4.11. The topological polar surface area (TPSA) is 49.4 Å². The molecule has 1 unspecified atom stereocenters. The first-order valence-electron chi connectivity index (χ1n) is 7.85. The van der Waals surface area contributed by atoms with Crippen LogP contribution < -0.4 is 5.32 Å². The van der Waals surface area contributed by atoms with Crippen LogP contribution in [0.2, 0.25) is 0 Å². The molecule has 4 nitrogen and oxygen atoms in total. The lowest BCUT2D eigenvalue weighted by atomic mass is 10.00. The second kappa shape index (κ2) is 8.15. The summed E-state index contributed by atoms with van der Waals surface area (Å²) in [5.41, 5.74) is 0. The van der Waals surface area contributed by atoms with Crippen molar-refractivity contribution in [2.24, 2.45) is 5.92 Å². The van der Waals surface area contributed by atoms with Crippen LogP contribution in [-0.2, 0) is 10.0 Å². The molecule has 0 radical (unpaired) electrons. The van der Waals surface area contributed by atoms with Crippen molar-refractivity contribution in [2.75, 3.05) is 26.7 Å². The number of hydrogen-bond acceptors (Lipinski definition) is 3. The van der Waals surface area contributed by atoms with Gasteiger partial charge in [0.15, 0.2) is 0 Å². The monoisotopic (exact) mass is 432 g/mol. The number of halogens is 2. The molecule has 2 aromatic carbocycles. The van der Waals surface area contributed by atoms with Crippen molar-refractivity contribution in [1.29, 1.82) is 0 Å². The molecular formula is C17H22BrClN2O2S. The number of benzene rings is 2. The van der Waals surface area contributed by atoms with Crippen molar-refractivity contribution in [3.8, 4) is 0 Å². The van der Waals surface area contributed by atoms with E-state index >= 15 is 0 Å². The molecule has 1 fully saturated rings. The average Bonchev–Trinajstić information content (AvgIpc) is 2.55. The summed E-state index contributed by atoms with van der Waals surface area (Å²) in [7, 11) is -1.51. The van der Waals surface area contributed by atoms with Crippen LogP contribution in [0.25, 0.3) is 10.8 Å². The molecule has 1 aliphatic rings. The highest BCUT2D eigenvalue weighted by molar-refractivity contribution is 9.10. The molecule has 0 bridgehead atoms. The van der Waals surface area contributed by atoms with Crippen LogP contribution in [0.4, 0.5) is 0 Å². The normalized spacial score (nSPS) is 19.2. The Morgan fingerprint density at radius 2 is 1.92 bits per heavy atom. The van der Waals surface area contributed by atoms with Gasteiger partial charge in [0.05, 0.1) is 4.90 Å². The fraction of sp³-hybridized carbons (Fsp3) is 0.412. The summed E-state index contributed by atoms with van der Waals surface area (Å²) in [6.07, 6.45) is 2.00. The zero-order valence-corrected chi connectivity index (χ0v) is 16.8. The van der Waals surface area contributed by atoms with Crippen LogP contribution in [0.3, 0.4) is 0 Å². The maximum atomic E-state index is 12.9. The Bertz CT molecular complexity index is 811. The highest BCUT2D eigenvalue weighted by atomic mass is 79.9. The smallest absolute Gasteiger partial charge is 0.243 e. The van der Waals surface area contributed by atoms with Gasteiger partial charge in [-0.05, 0) is 67.4 Å². The van der Waals surface area contributed by atoms with Gasteiger partial charge < -0.3 is 5.32 Å². The molecule has 1 N–H and O–H groups in total. The van der Waals surface area contributed by atoms with E-state index < -0.39 is 10.0 Å². The first-order valence-corrected chi connectivity index (χ1v) is 10.1. The highest BCUT2D eigenvalue weighted by Gasteiger charge is 2.30. The number of nitrogens with zero attached hydrogens (tertiary/aromatic N) is 1. The molecule has 0 amide bonds. The second-order valence-electron chi connectivity index (χ2n) is 6.08. The van der Waals surface area contributed by atoms with E-state index in [0.717, 1.165) is 34.6 Å². The largest absolute Gasteiger partial charge is 0.319 e. The number of piperidine rings is 1. The first kappa shape index (κ1) is 19.7. The third-order valence-electron chi connectivity index (χ3n) is 4.39. The molecule has 1 atom stereocenters. The minimum Gasteiger partial charge on any atom is -0.319 e. The summed E-state index contributed by atoms with van der Waals surface area (Å²) in [6.45, 7) is 2.07. The molecule has 0 aromatic heterocycles. The lowest BCUT2D eigenvalue weighted by Gasteiger charge is -2.31. The SMILES string of the molecule is CNCC1CCCN(S(=O)(=O)c2ccc3cc(Br)ccc3c2)C1.Cl. The predicted octanol–water partition coefficient (Wildman–Crippen LogP) is 3.64. The Morgan fingerprint density at radius 3 is 2.67 bits per heavy atom. The summed E-state index contributed by atoms with van der Waals surface area (Å²) in [5.74, 6) is 0.389. The summed E-state index contributed by atoms with van der Waals surface area (Å²) < 4.78 is 28.5. The predicted molar refractivity (Wildman–Crippen MR) is 104 cm³/mol.